The molecular weight excluding hydrogens is 477 g/mol. The first-order chi connectivity index (χ1) is 17.3. The number of hydrogen-bond donors (Lipinski definition) is 3. The number of hydrogen-bond acceptors (Lipinski definition) is 7. The SMILES string of the molecule is C=C/C(=C\C=C(/C)OC(C)C)SN1CC(Nc2cc(F)ccc2C(=N)CC=O)C2(CC2)C1.CC.CO. The van der Waals surface area contributed by atoms with Crippen molar-refractivity contribution in [3.8, 4) is 0 Å². The summed E-state index contributed by atoms with van der Waals surface area (Å²) >= 11 is 1.67. The molecule has 2 aliphatic rings. The van der Waals surface area contributed by atoms with E-state index in [0.717, 1.165) is 43.7 Å². The number of aliphatic hydroxyl groups is 1. The summed E-state index contributed by atoms with van der Waals surface area (Å²) < 4.78 is 22.0. The van der Waals surface area contributed by atoms with Crippen molar-refractivity contribution in [3.05, 3.63) is 65.1 Å². The van der Waals surface area contributed by atoms with Crippen molar-refractivity contribution in [1.82, 2.24) is 4.31 Å². The number of carbonyl (C=O) groups is 1. The second-order valence-corrected chi connectivity index (χ2v) is 9.90. The summed E-state index contributed by atoms with van der Waals surface area (Å²) in [5.74, 6) is 0.503. The minimum atomic E-state index is -0.355. The van der Waals surface area contributed by atoms with Gasteiger partial charge in [-0.25, -0.2) is 8.70 Å². The van der Waals surface area contributed by atoms with Crippen molar-refractivity contribution in [2.75, 3.05) is 25.5 Å². The molecule has 0 bridgehead atoms. The van der Waals surface area contributed by atoms with Gasteiger partial charge in [-0.2, -0.15) is 0 Å². The number of anilines is 1. The summed E-state index contributed by atoms with van der Waals surface area (Å²) in [4.78, 5) is 11.9. The lowest BCUT2D eigenvalue weighted by Gasteiger charge is -2.22. The van der Waals surface area contributed by atoms with E-state index >= 15 is 0 Å². The first kappa shape index (κ1) is 31.6. The molecule has 0 aromatic heterocycles. The molecule has 3 rings (SSSR count). The molecule has 0 radical (unpaired) electrons. The van der Waals surface area contributed by atoms with Crippen molar-refractivity contribution < 1.29 is 19.0 Å². The van der Waals surface area contributed by atoms with Gasteiger partial charge in [-0.15, -0.1) is 0 Å². The average molecular weight is 520 g/mol. The van der Waals surface area contributed by atoms with Crippen LogP contribution in [0.2, 0.25) is 0 Å². The zero-order valence-electron chi connectivity index (χ0n) is 22.4. The lowest BCUT2D eigenvalue weighted by Crippen LogP contribution is -2.30. The number of benzene rings is 1. The Kier molecular flexibility index (Phi) is 13.7. The molecule has 6 nitrogen and oxygen atoms in total. The average Bonchev–Trinajstić information content (AvgIpc) is 3.55. The number of rotatable bonds is 11. The fourth-order valence-electron chi connectivity index (χ4n) is 4.03. The number of nitrogens with one attached hydrogen (secondary N) is 2. The van der Waals surface area contributed by atoms with Crippen molar-refractivity contribution in [2.24, 2.45) is 5.41 Å². The van der Waals surface area contributed by atoms with E-state index in [9.17, 15) is 9.18 Å². The van der Waals surface area contributed by atoms with Gasteiger partial charge in [0, 0.05) is 59.9 Å². The quantitative estimate of drug-likeness (QED) is 0.104. The van der Waals surface area contributed by atoms with Crippen LogP contribution in [0.4, 0.5) is 10.1 Å². The molecule has 1 aliphatic heterocycles. The fraction of sp³-hybridized carbons (Fsp3) is 0.500. The summed E-state index contributed by atoms with van der Waals surface area (Å²) in [6, 6.07) is 4.49. The van der Waals surface area contributed by atoms with Gasteiger partial charge in [0.2, 0.25) is 0 Å². The molecule has 2 fully saturated rings. The Bertz CT molecular complexity index is 942. The van der Waals surface area contributed by atoms with Crippen molar-refractivity contribution in [1.29, 1.82) is 5.41 Å². The third-order valence-electron chi connectivity index (χ3n) is 5.77. The van der Waals surface area contributed by atoms with Crippen LogP contribution >= 0.6 is 11.9 Å². The van der Waals surface area contributed by atoms with E-state index in [1.54, 1.807) is 18.0 Å². The number of aldehydes is 1. The number of aliphatic hydroxyl groups excluding tert-OH is 1. The number of carbonyl (C=O) groups excluding carboxylic acids is 1. The monoisotopic (exact) mass is 519 g/mol. The number of ether oxygens (including phenoxy) is 1. The molecule has 1 saturated heterocycles. The molecule has 1 aromatic rings. The molecule has 1 saturated carbocycles. The molecular formula is C28H42FN3O3S. The summed E-state index contributed by atoms with van der Waals surface area (Å²) in [6.07, 6.45) is 8.91. The molecule has 3 N–H and O–H groups in total. The van der Waals surface area contributed by atoms with Crippen LogP contribution in [0.15, 0.2) is 53.7 Å². The van der Waals surface area contributed by atoms with Crippen molar-refractivity contribution >= 4 is 29.6 Å². The van der Waals surface area contributed by atoms with E-state index in [0.29, 0.717) is 17.5 Å². The first-order valence-electron chi connectivity index (χ1n) is 12.4. The second-order valence-electron chi connectivity index (χ2n) is 8.73. The highest BCUT2D eigenvalue weighted by molar-refractivity contribution is 8.01. The normalized spacial score (nSPS) is 18.5. The Hall–Kier alpha value is -2.42. The highest BCUT2D eigenvalue weighted by Crippen LogP contribution is 2.55. The van der Waals surface area contributed by atoms with Gasteiger partial charge in [-0.3, -0.25) is 0 Å². The van der Waals surface area contributed by atoms with Gasteiger partial charge in [0.25, 0.3) is 0 Å². The van der Waals surface area contributed by atoms with Crippen LogP contribution in [0.5, 0.6) is 0 Å². The van der Waals surface area contributed by atoms with Crippen LogP contribution in [-0.2, 0) is 9.53 Å². The molecule has 200 valence electrons. The van der Waals surface area contributed by atoms with Crippen LogP contribution in [0.25, 0.3) is 0 Å². The van der Waals surface area contributed by atoms with Crippen LogP contribution in [0.1, 0.15) is 59.4 Å². The summed E-state index contributed by atoms with van der Waals surface area (Å²) in [6.45, 7) is 15.6. The lowest BCUT2D eigenvalue weighted by atomic mass is 9.98. The Morgan fingerprint density at radius 3 is 2.58 bits per heavy atom. The topological polar surface area (TPSA) is 85.7 Å². The molecule has 1 aromatic carbocycles. The molecule has 1 spiro atoms. The third kappa shape index (κ3) is 9.22. The van der Waals surface area contributed by atoms with Gasteiger partial charge in [-0.1, -0.05) is 26.5 Å². The van der Waals surface area contributed by atoms with Crippen LogP contribution < -0.4 is 5.32 Å². The Balaban J connectivity index is 0.00000154. The zero-order chi connectivity index (χ0) is 27.3. The highest BCUT2D eigenvalue weighted by atomic mass is 32.2. The van der Waals surface area contributed by atoms with Crippen molar-refractivity contribution in [2.45, 2.75) is 66.0 Å². The van der Waals surface area contributed by atoms with E-state index in [1.165, 1.54) is 12.1 Å². The van der Waals surface area contributed by atoms with Gasteiger partial charge >= 0.3 is 0 Å². The smallest absolute Gasteiger partial charge is 0.125 e. The lowest BCUT2D eigenvalue weighted by molar-refractivity contribution is -0.106. The zero-order valence-corrected chi connectivity index (χ0v) is 23.3. The summed E-state index contributed by atoms with van der Waals surface area (Å²) in [5, 5.41) is 18.7. The van der Waals surface area contributed by atoms with Gasteiger partial charge < -0.3 is 25.4 Å². The first-order valence-corrected chi connectivity index (χ1v) is 13.2. The number of nitrogens with zero attached hydrogens (tertiary/aromatic N) is 1. The van der Waals surface area contributed by atoms with Crippen LogP contribution in [-0.4, -0.2) is 53.8 Å². The van der Waals surface area contributed by atoms with E-state index in [1.807, 2.05) is 52.8 Å². The fourth-order valence-corrected chi connectivity index (χ4v) is 5.08. The third-order valence-corrected chi connectivity index (χ3v) is 6.82. The Labute approximate surface area is 220 Å². The Morgan fingerprint density at radius 2 is 2.03 bits per heavy atom. The predicted octanol–water partition coefficient (Wildman–Crippen LogP) is 6.34. The van der Waals surface area contributed by atoms with Crippen molar-refractivity contribution in [3.63, 3.8) is 0 Å². The molecule has 1 heterocycles. The maximum Gasteiger partial charge on any atom is 0.125 e. The molecule has 0 amide bonds. The van der Waals surface area contributed by atoms with Gasteiger partial charge in [0.15, 0.2) is 0 Å². The number of halogens is 1. The standard InChI is InChI=1S/C25H32FN3O2S.C2H6.CH4O/c1-5-20(8-6-18(4)31-17(2)3)32-29-15-24(25(16-29)11-12-25)28-23-14-19(26)7-9-21(23)22(27)10-13-30;2*1-2/h5-9,13-14,17,24,27-28H,1,10-12,15-16H2,2-4H3;1-2H3;2H,1H3/b18-6+,20-8+,27-22?;;. The van der Waals surface area contributed by atoms with Gasteiger partial charge in [-0.05, 0) is 75.9 Å². The Morgan fingerprint density at radius 1 is 1.36 bits per heavy atom. The van der Waals surface area contributed by atoms with Crippen LogP contribution in [0, 0.1) is 16.6 Å². The molecule has 8 heteroatoms. The van der Waals surface area contributed by atoms with Gasteiger partial charge in [0.05, 0.1) is 11.9 Å². The maximum absolute atomic E-state index is 14.0. The molecule has 1 unspecified atom stereocenters. The maximum atomic E-state index is 14.0. The summed E-state index contributed by atoms with van der Waals surface area (Å²) in [5.41, 5.74) is 1.52. The van der Waals surface area contributed by atoms with E-state index in [2.05, 4.69) is 16.2 Å². The van der Waals surface area contributed by atoms with Crippen LogP contribution in [0.3, 0.4) is 0 Å². The second kappa shape index (κ2) is 15.6. The minimum absolute atomic E-state index is 0.0129. The minimum Gasteiger partial charge on any atom is -0.496 e. The van der Waals surface area contributed by atoms with E-state index < -0.39 is 0 Å². The van der Waals surface area contributed by atoms with Gasteiger partial charge in [0.1, 0.15) is 12.1 Å². The highest BCUT2D eigenvalue weighted by Gasteiger charge is 2.55. The predicted molar refractivity (Wildman–Crippen MR) is 150 cm³/mol. The largest absolute Gasteiger partial charge is 0.496 e. The summed E-state index contributed by atoms with van der Waals surface area (Å²) in [7, 11) is 1.00. The molecule has 1 atom stereocenters. The molecule has 36 heavy (non-hydrogen) atoms. The van der Waals surface area contributed by atoms with E-state index in [-0.39, 0.29) is 35.5 Å². The van der Waals surface area contributed by atoms with E-state index in [4.69, 9.17) is 15.3 Å². The number of allylic oxidation sites excluding steroid dienone is 4. The molecule has 1 aliphatic carbocycles.